The number of amides is 4. The van der Waals surface area contributed by atoms with E-state index in [2.05, 4.69) is 5.32 Å². The van der Waals surface area contributed by atoms with Crippen LogP contribution in [0, 0.1) is 5.82 Å². The standard InChI is InChI=1S/C15H13FN2O3/c1-2-18-14(20)12(13(19)17-15(18)21)5-3-4-10-6-8-11(16)9-7-10/h3-9H,2H2,1H3,(H,17,19,21)/b4-3+,12-5+. The normalized spacial score (nSPS) is 17.7. The van der Waals surface area contributed by atoms with Crippen LogP contribution in [0.3, 0.4) is 0 Å². The van der Waals surface area contributed by atoms with Gasteiger partial charge in [0.25, 0.3) is 11.8 Å². The Labute approximate surface area is 120 Å². The van der Waals surface area contributed by atoms with Crippen LogP contribution < -0.4 is 5.32 Å². The van der Waals surface area contributed by atoms with Crippen LogP contribution in [0.2, 0.25) is 0 Å². The first-order valence-electron chi connectivity index (χ1n) is 6.34. The molecule has 2 rings (SSSR count). The van der Waals surface area contributed by atoms with Crippen LogP contribution in [0.25, 0.3) is 6.08 Å². The van der Waals surface area contributed by atoms with Gasteiger partial charge in [0.2, 0.25) is 0 Å². The van der Waals surface area contributed by atoms with Crippen molar-refractivity contribution in [1.29, 1.82) is 0 Å². The molecule has 1 aromatic rings. The van der Waals surface area contributed by atoms with Crippen molar-refractivity contribution >= 4 is 23.9 Å². The molecule has 1 saturated heterocycles. The van der Waals surface area contributed by atoms with E-state index in [9.17, 15) is 18.8 Å². The Balaban J connectivity index is 2.19. The molecular formula is C15H13FN2O3. The maximum atomic E-state index is 12.7. The molecule has 0 radical (unpaired) electrons. The number of barbiturate groups is 1. The number of nitrogens with one attached hydrogen (secondary N) is 1. The number of hydrogen-bond acceptors (Lipinski definition) is 3. The van der Waals surface area contributed by atoms with Crippen LogP contribution >= 0.6 is 0 Å². The quantitative estimate of drug-likeness (QED) is 0.682. The Bertz CT molecular complexity index is 647. The number of halogens is 1. The number of imide groups is 2. The number of rotatable bonds is 3. The minimum Gasteiger partial charge on any atom is -0.273 e. The number of carbonyl (C=O) groups is 3. The van der Waals surface area contributed by atoms with E-state index in [1.807, 2.05) is 0 Å². The van der Waals surface area contributed by atoms with Gasteiger partial charge in [0.05, 0.1) is 0 Å². The third-order valence-electron chi connectivity index (χ3n) is 2.92. The Hall–Kier alpha value is -2.76. The molecule has 0 spiro atoms. The monoisotopic (exact) mass is 288 g/mol. The van der Waals surface area contributed by atoms with Crippen LogP contribution in [-0.2, 0) is 9.59 Å². The second-order valence-electron chi connectivity index (χ2n) is 4.30. The maximum Gasteiger partial charge on any atom is 0.331 e. The molecular weight excluding hydrogens is 275 g/mol. The van der Waals surface area contributed by atoms with E-state index in [1.165, 1.54) is 24.3 Å². The summed E-state index contributed by atoms with van der Waals surface area (Å²) in [4.78, 5) is 35.9. The van der Waals surface area contributed by atoms with Gasteiger partial charge in [-0.15, -0.1) is 0 Å². The first-order valence-corrected chi connectivity index (χ1v) is 6.34. The number of allylic oxidation sites excluding steroid dienone is 2. The highest BCUT2D eigenvalue weighted by atomic mass is 19.1. The molecule has 0 aliphatic carbocycles. The van der Waals surface area contributed by atoms with Crippen molar-refractivity contribution in [3.8, 4) is 0 Å². The molecule has 0 unspecified atom stereocenters. The molecule has 0 atom stereocenters. The van der Waals surface area contributed by atoms with Gasteiger partial charge in [0.1, 0.15) is 11.4 Å². The molecule has 1 aromatic carbocycles. The largest absolute Gasteiger partial charge is 0.331 e. The molecule has 1 aliphatic heterocycles. The molecule has 1 aliphatic rings. The van der Waals surface area contributed by atoms with Crippen molar-refractivity contribution in [2.75, 3.05) is 6.54 Å². The van der Waals surface area contributed by atoms with Gasteiger partial charge in [0, 0.05) is 6.54 Å². The van der Waals surface area contributed by atoms with Crippen molar-refractivity contribution < 1.29 is 18.8 Å². The van der Waals surface area contributed by atoms with E-state index >= 15 is 0 Å². The fraction of sp³-hybridized carbons (Fsp3) is 0.133. The third-order valence-corrected chi connectivity index (χ3v) is 2.92. The lowest BCUT2D eigenvalue weighted by molar-refractivity contribution is -0.130. The van der Waals surface area contributed by atoms with Gasteiger partial charge < -0.3 is 0 Å². The summed E-state index contributed by atoms with van der Waals surface area (Å²) in [6.07, 6.45) is 4.46. The van der Waals surface area contributed by atoms with Crippen LogP contribution in [0.5, 0.6) is 0 Å². The van der Waals surface area contributed by atoms with Crippen LogP contribution in [-0.4, -0.2) is 29.3 Å². The molecule has 1 fully saturated rings. The SMILES string of the molecule is CCN1C(=O)NC(=O)/C(=C\C=C\c2ccc(F)cc2)C1=O. The number of urea groups is 1. The summed E-state index contributed by atoms with van der Waals surface area (Å²) in [5.41, 5.74) is 0.607. The lowest BCUT2D eigenvalue weighted by Crippen LogP contribution is -2.53. The summed E-state index contributed by atoms with van der Waals surface area (Å²) in [5.74, 6) is -1.70. The van der Waals surface area contributed by atoms with Crippen molar-refractivity contribution in [2.45, 2.75) is 6.92 Å². The molecule has 5 nitrogen and oxygen atoms in total. The summed E-state index contributed by atoms with van der Waals surface area (Å²) in [6, 6.07) is 5.03. The molecule has 108 valence electrons. The Morgan fingerprint density at radius 2 is 1.86 bits per heavy atom. The van der Waals surface area contributed by atoms with E-state index in [0.717, 1.165) is 10.5 Å². The molecule has 1 heterocycles. The molecule has 1 N–H and O–H groups in total. The van der Waals surface area contributed by atoms with E-state index in [1.54, 1.807) is 25.1 Å². The van der Waals surface area contributed by atoms with Gasteiger partial charge in [-0.25, -0.2) is 9.18 Å². The van der Waals surface area contributed by atoms with Gasteiger partial charge in [0.15, 0.2) is 0 Å². The number of benzene rings is 1. The predicted molar refractivity (Wildman–Crippen MR) is 74.4 cm³/mol. The third kappa shape index (κ3) is 3.22. The Morgan fingerprint density at radius 1 is 1.19 bits per heavy atom. The highest BCUT2D eigenvalue weighted by molar-refractivity contribution is 6.28. The lowest BCUT2D eigenvalue weighted by atomic mass is 10.1. The van der Waals surface area contributed by atoms with Crippen LogP contribution in [0.1, 0.15) is 12.5 Å². The zero-order valence-corrected chi connectivity index (χ0v) is 11.3. The Morgan fingerprint density at radius 3 is 2.48 bits per heavy atom. The smallest absolute Gasteiger partial charge is 0.273 e. The van der Waals surface area contributed by atoms with Gasteiger partial charge in [-0.3, -0.25) is 19.8 Å². The average molecular weight is 288 g/mol. The fourth-order valence-corrected chi connectivity index (χ4v) is 1.83. The summed E-state index contributed by atoms with van der Waals surface area (Å²) in [7, 11) is 0. The van der Waals surface area contributed by atoms with E-state index in [4.69, 9.17) is 0 Å². The topological polar surface area (TPSA) is 66.5 Å². The lowest BCUT2D eigenvalue weighted by Gasteiger charge is -2.24. The molecule has 21 heavy (non-hydrogen) atoms. The van der Waals surface area contributed by atoms with E-state index in [-0.39, 0.29) is 17.9 Å². The van der Waals surface area contributed by atoms with Crippen molar-refractivity contribution in [3.05, 3.63) is 53.4 Å². The second-order valence-corrected chi connectivity index (χ2v) is 4.30. The van der Waals surface area contributed by atoms with E-state index < -0.39 is 17.8 Å². The van der Waals surface area contributed by atoms with E-state index in [0.29, 0.717) is 0 Å². The summed E-state index contributed by atoms with van der Waals surface area (Å²) in [5, 5.41) is 2.09. The first kappa shape index (κ1) is 14.6. The number of likely N-dealkylation sites (N-methyl/N-ethyl adjacent to an activating group) is 1. The summed E-state index contributed by atoms with van der Waals surface area (Å²) >= 11 is 0. The number of hydrogen-bond donors (Lipinski definition) is 1. The predicted octanol–water partition coefficient (Wildman–Crippen LogP) is 1.86. The highest BCUT2D eigenvalue weighted by Gasteiger charge is 2.34. The van der Waals surface area contributed by atoms with Gasteiger partial charge in [-0.1, -0.05) is 24.3 Å². The summed E-state index contributed by atoms with van der Waals surface area (Å²) in [6.45, 7) is 1.82. The first-order chi connectivity index (χ1) is 10.0. The van der Waals surface area contributed by atoms with Crippen molar-refractivity contribution in [2.24, 2.45) is 0 Å². The Kier molecular flexibility index (Phi) is 4.27. The zero-order valence-electron chi connectivity index (χ0n) is 11.3. The maximum absolute atomic E-state index is 12.7. The number of nitrogens with zero attached hydrogens (tertiary/aromatic N) is 1. The zero-order chi connectivity index (χ0) is 15.4. The summed E-state index contributed by atoms with van der Waals surface area (Å²) < 4.78 is 12.7. The van der Waals surface area contributed by atoms with Gasteiger partial charge in [-0.2, -0.15) is 0 Å². The van der Waals surface area contributed by atoms with Gasteiger partial charge >= 0.3 is 6.03 Å². The minimum absolute atomic E-state index is 0.116. The van der Waals surface area contributed by atoms with Crippen LogP contribution in [0.4, 0.5) is 9.18 Å². The molecule has 6 heteroatoms. The van der Waals surface area contributed by atoms with Crippen LogP contribution in [0.15, 0.2) is 42.0 Å². The molecule has 0 saturated carbocycles. The molecule has 0 bridgehead atoms. The molecule has 4 amide bonds. The van der Waals surface area contributed by atoms with Crippen molar-refractivity contribution in [1.82, 2.24) is 10.2 Å². The molecule has 0 aromatic heterocycles. The fourth-order valence-electron chi connectivity index (χ4n) is 1.83. The van der Waals surface area contributed by atoms with Gasteiger partial charge in [-0.05, 0) is 30.7 Å². The minimum atomic E-state index is -0.724. The highest BCUT2D eigenvalue weighted by Crippen LogP contribution is 2.10. The number of carbonyl (C=O) groups excluding carboxylic acids is 3. The van der Waals surface area contributed by atoms with Crippen molar-refractivity contribution in [3.63, 3.8) is 0 Å². The average Bonchev–Trinajstić information content (AvgIpc) is 2.44. The second kappa shape index (κ2) is 6.13.